The first kappa shape index (κ1) is 13.8. The smallest absolute Gasteiger partial charge is 0.346 e. The SMILES string of the molecule is O=C(Oc1ccc(F)c(F)c1)c1c(Cl)cccc1Cl. The molecule has 0 bridgehead atoms. The summed E-state index contributed by atoms with van der Waals surface area (Å²) in [5.74, 6) is -3.13. The zero-order valence-corrected chi connectivity index (χ0v) is 10.8. The van der Waals surface area contributed by atoms with Gasteiger partial charge in [-0.15, -0.1) is 0 Å². The molecule has 2 aromatic rings. The fraction of sp³-hybridized carbons (Fsp3) is 0. The van der Waals surface area contributed by atoms with E-state index in [4.69, 9.17) is 27.9 Å². The first-order chi connectivity index (χ1) is 8.99. The van der Waals surface area contributed by atoms with Crippen LogP contribution in [-0.4, -0.2) is 5.97 Å². The standard InChI is InChI=1S/C13H6Cl2F2O2/c14-8-2-1-3-9(15)12(8)13(18)19-7-4-5-10(16)11(17)6-7/h1-6H. The zero-order chi connectivity index (χ0) is 14.0. The van der Waals surface area contributed by atoms with Gasteiger partial charge in [0.25, 0.3) is 0 Å². The summed E-state index contributed by atoms with van der Waals surface area (Å²) >= 11 is 11.7. The van der Waals surface area contributed by atoms with E-state index in [2.05, 4.69) is 0 Å². The maximum Gasteiger partial charge on any atom is 0.346 e. The van der Waals surface area contributed by atoms with Gasteiger partial charge < -0.3 is 4.74 Å². The van der Waals surface area contributed by atoms with Crippen LogP contribution in [-0.2, 0) is 0 Å². The fourth-order valence-electron chi connectivity index (χ4n) is 1.39. The summed E-state index contributed by atoms with van der Waals surface area (Å²) in [6, 6.07) is 7.24. The number of hydrogen-bond acceptors (Lipinski definition) is 2. The van der Waals surface area contributed by atoms with Crippen LogP contribution >= 0.6 is 23.2 Å². The minimum absolute atomic E-state index is 0.0319. The van der Waals surface area contributed by atoms with Crippen molar-refractivity contribution in [1.82, 2.24) is 0 Å². The van der Waals surface area contributed by atoms with Crippen LogP contribution in [0.2, 0.25) is 10.0 Å². The van der Waals surface area contributed by atoms with Crippen molar-refractivity contribution in [3.63, 3.8) is 0 Å². The van der Waals surface area contributed by atoms with Crippen LogP contribution < -0.4 is 4.74 Å². The molecule has 0 aliphatic carbocycles. The van der Waals surface area contributed by atoms with Crippen LogP contribution in [0.4, 0.5) is 8.78 Å². The lowest BCUT2D eigenvalue weighted by atomic mass is 10.2. The first-order valence-electron chi connectivity index (χ1n) is 5.10. The second-order valence-corrected chi connectivity index (χ2v) is 4.38. The molecule has 0 fully saturated rings. The Hall–Kier alpha value is -1.65. The molecule has 0 unspecified atom stereocenters. The Morgan fingerprint density at radius 1 is 1.00 bits per heavy atom. The summed E-state index contributed by atoms with van der Waals surface area (Å²) < 4.78 is 30.6. The van der Waals surface area contributed by atoms with Gasteiger partial charge in [-0.2, -0.15) is 0 Å². The van der Waals surface area contributed by atoms with Crippen molar-refractivity contribution in [2.24, 2.45) is 0 Å². The van der Waals surface area contributed by atoms with Crippen LogP contribution in [0.3, 0.4) is 0 Å². The number of hydrogen-bond donors (Lipinski definition) is 0. The molecule has 0 spiro atoms. The lowest BCUT2D eigenvalue weighted by Crippen LogP contribution is -2.10. The molecule has 2 rings (SSSR count). The molecule has 0 saturated heterocycles. The van der Waals surface area contributed by atoms with Crippen LogP contribution in [0, 0.1) is 11.6 Å². The van der Waals surface area contributed by atoms with E-state index >= 15 is 0 Å². The van der Waals surface area contributed by atoms with Crippen molar-refractivity contribution in [3.05, 3.63) is 63.6 Å². The highest BCUT2D eigenvalue weighted by molar-refractivity contribution is 6.39. The van der Waals surface area contributed by atoms with Gasteiger partial charge in [-0.05, 0) is 24.3 Å². The molecule has 0 atom stereocenters. The molecule has 0 amide bonds. The minimum Gasteiger partial charge on any atom is -0.423 e. The number of halogens is 4. The quantitative estimate of drug-likeness (QED) is 0.603. The van der Waals surface area contributed by atoms with Crippen molar-refractivity contribution in [1.29, 1.82) is 0 Å². The molecule has 6 heteroatoms. The fourth-order valence-corrected chi connectivity index (χ4v) is 1.94. The molecule has 2 nitrogen and oxygen atoms in total. The molecule has 0 aliphatic heterocycles. The van der Waals surface area contributed by atoms with Gasteiger partial charge in [-0.25, -0.2) is 13.6 Å². The normalized spacial score (nSPS) is 10.3. The van der Waals surface area contributed by atoms with E-state index in [9.17, 15) is 13.6 Å². The molecule has 0 heterocycles. The Labute approximate surface area is 117 Å². The average molecular weight is 303 g/mol. The average Bonchev–Trinajstić information content (AvgIpc) is 2.33. The summed E-state index contributed by atoms with van der Waals surface area (Å²) in [6.45, 7) is 0. The van der Waals surface area contributed by atoms with Crippen LogP contribution in [0.1, 0.15) is 10.4 Å². The van der Waals surface area contributed by atoms with E-state index in [0.717, 1.165) is 18.2 Å². The topological polar surface area (TPSA) is 26.3 Å². The van der Waals surface area contributed by atoms with Crippen molar-refractivity contribution in [3.8, 4) is 5.75 Å². The summed E-state index contributed by atoms with van der Waals surface area (Å²) in [6.07, 6.45) is 0. The van der Waals surface area contributed by atoms with Gasteiger partial charge in [0.05, 0.1) is 15.6 Å². The molecular weight excluding hydrogens is 297 g/mol. The third-order valence-corrected chi connectivity index (χ3v) is 2.90. The monoisotopic (exact) mass is 302 g/mol. The summed E-state index contributed by atoms with van der Waals surface area (Å²) in [5, 5.41) is 0.222. The number of ether oxygens (including phenoxy) is 1. The summed E-state index contributed by atoms with van der Waals surface area (Å²) in [4.78, 5) is 11.8. The minimum atomic E-state index is -1.12. The molecule has 0 N–H and O–H groups in total. The van der Waals surface area contributed by atoms with Crippen molar-refractivity contribution < 1.29 is 18.3 Å². The number of benzene rings is 2. The van der Waals surface area contributed by atoms with Gasteiger partial charge >= 0.3 is 5.97 Å². The molecule has 0 radical (unpaired) electrons. The van der Waals surface area contributed by atoms with Crippen molar-refractivity contribution >= 4 is 29.2 Å². The molecule has 2 aromatic carbocycles. The highest BCUT2D eigenvalue weighted by Gasteiger charge is 2.17. The Morgan fingerprint density at radius 2 is 1.63 bits per heavy atom. The second kappa shape index (κ2) is 5.55. The molecular formula is C13H6Cl2F2O2. The molecule has 0 saturated carbocycles. The summed E-state index contributed by atoms with van der Waals surface area (Å²) in [7, 11) is 0. The second-order valence-electron chi connectivity index (χ2n) is 3.56. The molecule has 0 aromatic heterocycles. The predicted octanol–water partition coefficient (Wildman–Crippen LogP) is 4.49. The maximum atomic E-state index is 13.0. The van der Waals surface area contributed by atoms with E-state index in [1.165, 1.54) is 12.1 Å². The van der Waals surface area contributed by atoms with Gasteiger partial charge in [0.2, 0.25) is 0 Å². The van der Waals surface area contributed by atoms with Gasteiger partial charge in [0.1, 0.15) is 5.75 Å². The number of carbonyl (C=O) groups is 1. The van der Waals surface area contributed by atoms with Gasteiger partial charge in [-0.3, -0.25) is 0 Å². The largest absolute Gasteiger partial charge is 0.423 e. The first-order valence-corrected chi connectivity index (χ1v) is 5.86. The third kappa shape index (κ3) is 3.03. The van der Waals surface area contributed by atoms with Crippen molar-refractivity contribution in [2.75, 3.05) is 0 Å². The van der Waals surface area contributed by atoms with Crippen LogP contribution in [0.5, 0.6) is 5.75 Å². The van der Waals surface area contributed by atoms with Gasteiger partial charge in [0, 0.05) is 6.07 Å². The maximum absolute atomic E-state index is 13.0. The lowest BCUT2D eigenvalue weighted by Gasteiger charge is -2.07. The Morgan fingerprint density at radius 3 is 2.21 bits per heavy atom. The molecule has 19 heavy (non-hydrogen) atoms. The highest BCUT2D eigenvalue weighted by Crippen LogP contribution is 2.26. The Balaban J connectivity index is 2.28. The predicted molar refractivity (Wildman–Crippen MR) is 67.8 cm³/mol. The lowest BCUT2D eigenvalue weighted by molar-refractivity contribution is 0.0734. The third-order valence-electron chi connectivity index (χ3n) is 2.27. The number of carbonyl (C=O) groups excluding carboxylic acids is 1. The number of esters is 1. The number of rotatable bonds is 2. The summed E-state index contributed by atoms with van der Waals surface area (Å²) in [5.41, 5.74) is -0.0319. The zero-order valence-electron chi connectivity index (χ0n) is 9.29. The van der Waals surface area contributed by atoms with E-state index < -0.39 is 17.6 Å². The van der Waals surface area contributed by atoms with E-state index in [1.807, 2.05) is 0 Å². The van der Waals surface area contributed by atoms with E-state index in [0.29, 0.717) is 0 Å². The molecule has 0 aliphatic rings. The Kier molecular flexibility index (Phi) is 4.02. The highest BCUT2D eigenvalue weighted by atomic mass is 35.5. The van der Waals surface area contributed by atoms with Crippen LogP contribution in [0.15, 0.2) is 36.4 Å². The van der Waals surface area contributed by atoms with Gasteiger partial charge in [0.15, 0.2) is 11.6 Å². The van der Waals surface area contributed by atoms with E-state index in [1.54, 1.807) is 6.07 Å². The van der Waals surface area contributed by atoms with Gasteiger partial charge in [-0.1, -0.05) is 29.3 Å². The van der Waals surface area contributed by atoms with Crippen LogP contribution in [0.25, 0.3) is 0 Å². The van der Waals surface area contributed by atoms with Crippen molar-refractivity contribution in [2.45, 2.75) is 0 Å². The Bertz CT molecular complexity index is 624. The molecule has 98 valence electrons. The van der Waals surface area contributed by atoms with E-state index in [-0.39, 0.29) is 21.4 Å².